The van der Waals surface area contributed by atoms with Gasteiger partial charge in [0.1, 0.15) is 5.82 Å². The largest absolute Gasteiger partial charge is 0.478 e. The summed E-state index contributed by atoms with van der Waals surface area (Å²) < 4.78 is 19.2. The maximum atomic E-state index is 13.5. The van der Waals surface area contributed by atoms with Crippen molar-refractivity contribution in [2.24, 2.45) is 0 Å². The number of urea groups is 1. The summed E-state index contributed by atoms with van der Waals surface area (Å²) in [7, 11) is 0. The molecule has 0 aliphatic heterocycles. The minimum absolute atomic E-state index is 0.0517. The number of nitrogens with one attached hydrogen (secondary N) is 1. The summed E-state index contributed by atoms with van der Waals surface area (Å²) >= 11 is 5.88. The summed E-state index contributed by atoms with van der Waals surface area (Å²) in [5.74, 6) is 0.0274. The van der Waals surface area contributed by atoms with E-state index in [0.717, 1.165) is 21.9 Å². The monoisotopic (exact) mass is 463 g/mol. The van der Waals surface area contributed by atoms with Gasteiger partial charge in [-0.05, 0) is 47.7 Å². The van der Waals surface area contributed by atoms with Crippen molar-refractivity contribution in [1.29, 1.82) is 0 Å². The number of halogens is 2. The Morgan fingerprint density at radius 1 is 1.03 bits per heavy atom. The summed E-state index contributed by atoms with van der Waals surface area (Å²) in [6, 6.07) is 21.3. The molecule has 168 valence electrons. The Kier molecular flexibility index (Phi) is 7.05. The fourth-order valence-corrected chi connectivity index (χ4v) is 3.77. The first kappa shape index (κ1) is 22.6. The Bertz CT molecular complexity index is 1270. The van der Waals surface area contributed by atoms with Gasteiger partial charge in [0.05, 0.1) is 11.6 Å². The van der Waals surface area contributed by atoms with E-state index in [1.165, 1.54) is 18.2 Å². The van der Waals surface area contributed by atoms with Crippen molar-refractivity contribution in [3.63, 3.8) is 0 Å². The number of benzene rings is 3. The highest BCUT2D eigenvalue weighted by Crippen LogP contribution is 2.28. The molecule has 5 nitrogen and oxygen atoms in total. The Labute approximate surface area is 196 Å². The average Bonchev–Trinajstić information content (AvgIpc) is 2.83. The van der Waals surface area contributed by atoms with E-state index < -0.39 is 5.82 Å². The van der Waals surface area contributed by atoms with Crippen LogP contribution in [0.25, 0.3) is 10.8 Å². The molecule has 0 aliphatic rings. The lowest BCUT2D eigenvalue weighted by molar-refractivity contribution is 0.206. The predicted octanol–water partition coefficient (Wildman–Crippen LogP) is 6.66. The average molecular weight is 464 g/mol. The van der Waals surface area contributed by atoms with Gasteiger partial charge in [0.15, 0.2) is 0 Å². The van der Waals surface area contributed by atoms with Crippen LogP contribution in [0.4, 0.5) is 14.9 Å². The van der Waals surface area contributed by atoms with Gasteiger partial charge in [-0.1, -0.05) is 60.1 Å². The van der Waals surface area contributed by atoms with Gasteiger partial charge in [0.25, 0.3) is 0 Å². The second-order valence-electron chi connectivity index (χ2n) is 7.47. The van der Waals surface area contributed by atoms with Gasteiger partial charge < -0.3 is 15.0 Å². The van der Waals surface area contributed by atoms with Crippen LogP contribution in [0.1, 0.15) is 18.1 Å². The predicted molar refractivity (Wildman–Crippen MR) is 129 cm³/mol. The minimum atomic E-state index is -0.539. The van der Waals surface area contributed by atoms with Crippen molar-refractivity contribution in [3.05, 3.63) is 101 Å². The van der Waals surface area contributed by atoms with Gasteiger partial charge in [-0.2, -0.15) is 0 Å². The Balaban J connectivity index is 1.66. The number of hydrogen-bond donors (Lipinski definition) is 1. The Morgan fingerprint density at radius 3 is 2.48 bits per heavy atom. The minimum Gasteiger partial charge on any atom is -0.478 e. The molecule has 2 amide bonds. The molecule has 1 aromatic heterocycles. The number of pyridine rings is 1. The molecule has 4 rings (SSSR count). The summed E-state index contributed by atoms with van der Waals surface area (Å²) in [4.78, 5) is 19.4. The van der Waals surface area contributed by atoms with E-state index in [4.69, 9.17) is 16.3 Å². The standard InChI is InChI=1S/C26H23ClFN3O2/c1-2-33-25-22-11-7-6-10-21(22)19(15-29-25)17-31(16-18-8-4-3-5-9-18)26(32)30-20-12-13-24(28)23(27)14-20/h3-15H,2,16-17H2,1H3,(H,30,32). The van der Waals surface area contributed by atoms with Crippen molar-refractivity contribution < 1.29 is 13.9 Å². The number of hydrogen-bond acceptors (Lipinski definition) is 3. The number of carbonyl (C=O) groups is 1. The molecular formula is C26H23ClFN3O2. The molecule has 1 heterocycles. The highest BCUT2D eigenvalue weighted by Gasteiger charge is 2.18. The van der Waals surface area contributed by atoms with Crippen LogP contribution >= 0.6 is 11.6 Å². The number of anilines is 1. The van der Waals surface area contributed by atoms with Crippen LogP contribution in [0.5, 0.6) is 5.88 Å². The normalized spacial score (nSPS) is 10.8. The lowest BCUT2D eigenvalue weighted by atomic mass is 10.1. The third-order valence-electron chi connectivity index (χ3n) is 5.16. The van der Waals surface area contributed by atoms with Crippen LogP contribution in [0.3, 0.4) is 0 Å². The maximum Gasteiger partial charge on any atom is 0.322 e. The molecule has 7 heteroatoms. The van der Waals surface area contributed by atoms with E-state index >= 15 is 0 Å². The number of amides is 2. The van der Waals surface area contributed by atoms with Crippen molar-refractivity contribution in [2.45, 2.75) is 20.0 Å². The number of aromatic nitrogens is 1. The highest BCUT2D eigenvalue weighted by atomic mass is 35.5. The topological polar surface area (TPSA) is 54.5 Å². The molecule has 1 N–H and O–H groups in total. The molecular weight excluding hydrogens is 441 g/mol. The zero-order chi connectivity index (χ0) is 23.2. The van der Waals surface area contributed by atoms with E-state index in [9.17, 15) is 9.18 Å². The third-order valence-corrected chi connectivity index (χ3v) is 5.45. The van der Waals surface area contributed by atoms with Crippen LogP contribution in [0.2, 0.25) is 5.02 Å². The molecule has 0 spiro atoms. The van der Waals surface area contributed by atoms with E-state index in [2.05, 4.69) is 10.3 Å². The molecule has 0 bridgehead atoms. The van der Waals surface area contributed by atoms with Crippen LogP contribution in [0, 0.1) is 5.82 Å². The van der Waals surface area contributed by atoms with Crippen LogP contribution in [0.15, 0.2) is 79.0 Å². The van der Waals surface area contributed by atoms with Crippen molar-refractivity contribution in [2.75, 3.05) is 11.9 Å². The fourth-order valence-electron chi connectivity index (χ4n) is 3.59. The number of rotatable bonds is 7. The van der Waals surface area contributed by atoms with Gasteiger partial charge in [-0.25, -0.2) is 14.2 Å². The molecule has 4 aromatic rings. The van der Waals surface area contributed by atoms with Gasteiger partial charge in [-0.3, -0.25) is 0 Å². The molecule has 0 saturated carbocycles. The molecule has 0 unspecified atom stereocenters. The SMILES string of the molecule is CCOc1ncc(CN(Cc2ccccc2)C(=O)Nc2ccc(F)c(Cl)c2)c2ccccc12. The van der Waals surface area contributed by atoms with Crippen molar-refractivity contribution in [3.8, 4) is 5.88 Å². The zero-order valence-electron chi connectivity index (χ0n) is 18.1. The third kappa shape index (κ3) is 5.41. The smallest absolute Gasteiger partial charge is 0.322 e. The molecule has 0 saturated heterocycles. The Morgan fingerprint density at radius 2 is 1.76 bits per heavy atom. The first-order valence-corrected chi connectivity index (χ1v) is 11.0. The quantitative estimate of drug-likeness (QED) is 0.333. The van der Waals surface area contributed by atoms with Gasteiger partial charge >= 0.3 is 6.03 Å². The van der Waals surface area contributed by atoms with Gasteiger partial charge in [0.2, 0.25) is 5.88 Å². The van der Waals surface area contributed by atoms with E-state index in [0.29, 0.717) is 31.3 Å². The maximum absolute atomic E-state index is 13.5. The van der Waals surface area contributed by atoms with E-state index in [1.54, 1.807) is 11.1 Å². The molecule has 0 aliphatic carbocycles. The number of carbonyl (C=O) groups excluding carboxylic acids is 1. The fraction of sp³-hybridized carbons (Fsp3) is 0.154. The zero-order valence-corrected chi connectivity index (χ0v) is 18.8. The summed E-state index contributed by atoms with van der Waals surface area (Å²) in [6.45, 7) is 3.12. The summed E-state index contributed by atoms with van der Waals surface area (Å²) in [6.07, 6.45) is 1.74. The molecule has 33 heavy (non-hydrogen) atoms. The number of nitrogens with zero attached hydrogens (tertiary/aromatic N) is 2. The molecule has 3 aromatic carbocycles. The van der Waals surface area contributed by atoms with Gasteiger partial charge in [0, 0.05) is 30.4 Å². The van der Waals surface area contributed by atoms with Crippen LogP contribution < -0.4 is 10.1 Å². The summed E-state index contributed by atoms with van der Waals surface area (Å²) in [5, 5.41) is 4.62. The first-order chi connectivity index (χ1) is 16.0. The van der Waals surface area contributed by atoms with Crippen LogP contribution in [-0.4, -0.2) is 22.5 Å². The van der Waals surface area contributed by atoms with Crippen LogP contribution in [-0.2, 0) is 13.1 Å². The Hall–Kier alpha value is -3.64. The summed E-state index contributed by atoms with van der Waals surface area (Å²) in [5.41, 5.74) is 2.28. The van der Waals surface area contributed by atoms with E-state index in [1.807, 2.05) is 61.5 Å². The lowest BCUT2D eigenvalue weighted by Gasteiger charge is -2.24. The highest BCUT2D eigenvalue weighted by molar-refractivity contribution is 6.31. The first-order valence-electron chi connectivity index (χ1n) is 10.6. The second kappa shape index (κ2) is 10.3. The second-order valence-corrected chi connectivity index (χ2v) is 7.88. The van der Waals surface area contributed by atoms with E-state index in [-0.39, 0.29) is 11.1 Å². The molecule has 0 radical (unpaired) electrons. The lowest BCUT2D eigenvalue weighted by Crippen LogP contribution is -2.34. The molecule has 0 atom stereocenters. The van der Waals surface area contributed by atoms with Gasteiger partial charge in [-0.15, -0.1) is 0 Å². The van der Waals surface area contributed by atoms with Crippen molar-refractivity contribution >= 4 is 34.1 Å². The number of ether oxygens (including phenoxy) is 1. The molecule has 0 fully saturated rings. The van der Waals surface area contributed by atoms with Crippen molar-refractivity contribution in [1.82, 2.24) is 9.88 Å². The number of fused-ring (bicyclic) bond motifs is 1.